The minimum absolute atomic E-state index is 1.12. The van der Waals surface area contributed by atoms with E-state index in [0.29, 0.717) is 0 Å². The minimum atomic E-state index is -2.07. The number of hydrogen-bond acceptors (Lipinski definition) is 3. The monoisotopic (exact) mass is 128 g/mol. The Kier molecular flexibility index (Phi) is 1.40. The van der Waals surface area contributed by atoms with Crippen LogP contribution in [0.15, 0.2) is 24.3 Å². The Morgan fingerprint density at radius 1 is 1.22 bits per heavy atom. The maximum Gasteiger partial charge on any atom is 0.213 e. The maximum absolute atomic E-state index is 8.81. The first-order valence-corrected chi connectivity index (χ1v) is 2.62. The van der Waals surface area contributed by atoms with E-state index < -0.39 is 11.9 Å². The van der Waals surface area contributed by atoms with Crippen molar-refractivity contribution < 1.29 is 15.3 Å². The standard InChI is InChI=1S/C6H8O3/c7-5-3-1-2-4-6(5,8)9/h1-5,7-9H. The summed E-state index contributed by atoms with van der Waals surface area (Å²) in [5.74, 6) is -2.07. The molecule has 0 saturated carbocycles. The molecule has 0 bridgehead atoms. The predicted molar refractivity (Wildman–Crippen MR) is 31.5 cm³/mol. The molecule has 1 atom stereocenters. The fraction of sp³-hybridized carbons (Fsp3) is 0.333. The van der Waals surface area contributed by atoms with Gasteiger partial charge in [0.15, 0.2) is 0 Å². The Morgan fingerprint density at radius 3 is 2.22 bits per heavy atom. The molecule has 1 aliphatic carbocycles. The van der Waals surface area contributed by atoms with Gasteiger partial charge in [0.1, 0.15) is 6.10 Å². The highest BCUT2D eigenvalue weighted by Crippen LogP contribution is 2.13. The van der Waals surface area contributed by atoms with E-state index in [9.17, 15) is 0 Å². The predicted octanol–water partition coefficient (Wildman–Crippen LogP) is -0.846. The van der Waals surface area contributed by atoms with E-state index in [1.807, 2.05) is 0 Å². The lowest BCUT2D eigenvalue weighted by molar-refractivity contribution is -0.174. The number of aliphatic hydroxyl groups excluding tert-OH is 1. The van der Waals surface area contributed by atoms with Gasteiger partial charge in [-0.3, -0.25) is 0 Å². The molecule has 0 saturated heterocycles. The molecular weight excluding hydrogens is 120 g/mol. The molecule has 3 N–H and O–H groups in total. The van der Waals surface area contributed by atoms with Gasteiger partial charge in [0.2, 0.25) is 5.79 Å². The number of allylic oxidation sites excluding steroid dienone is 2. The van der Waals surface area contributed by atoms with Gasteiger partial charge in [0, 0.05) is 0 Å². The second-order valence-electron chi connectivity index (χ2n) is 1.97. The summed E-state index contributed by atoms with van der Waals surface area (Å²) in [6.07, 6.45) is 4.24. The Morgan fingerprint density at radius 2 is 1.89 bits per heavy atom. The van der Waals surface area contributed by atoms with Crippen molar-refractivity contribution in [2.75, 3.05) is 0 Å². The van der Waals surface area contributed by atoms with Crippen LogP contribution in [0.25, 0.3) is 0 Å². The Bertz CT molecular complexity index is 158. The summed E-state index contributed by atoms with van der Waals surface area (Å²) in [5.41, 5.74) is 0. The van der Waals surface area contributed by atoms with Crippen LogP contribution >= 0.6 is 0 Å². The van der Waals surface area contributed by atoms with Crippen LogP contribution in [0.3, 0.4) is 0 Å². The highest BCUT2D eigenvalue weighted by molar-refractivity contribution is 5.18. The summed E-state index contributed by atoms with van der Waals surface area (Å²) < 4.78 is 0. The van der Waals surface area contributed by atoms with Gasteiger partial charge in [-0.05, 0) is 6.08 Å². The van der Waals surface area contributed by atoms with Gasteiger partial charge in [-0.2, -0.15) is 0 Å². The number of hydrogen-bond donors (Lipinski definition) is 3. The van der Waals surface area contributed by atoms with Crippen LogP contribution < -0.4 is 0 Å². The molecule has 0 aromatic rings. The van der Waals surface area contributed by atoms with Gasteiger partial charge in [-0.25, -0.2) is 0 Å². The summed E-state index contributed by atoms with van der Waals surface area (Å²) in [5, 5.41) is 26.4. The first-order chi connectivity index (χ1) is 4.13. The van der Waals surface area contributed by atoms with Gasteiger partial charge in [-0.15, -0.1) is 0 Å². The Labute approximate surface area is 52.6 Å². The fourth-order valence-electron chi connectivity index (χ4n) is 0.607. The van der Waals surface area contributed by atoms with Crippen molar-refractivity contribution >= 4 is 0 Å². The van der Waals surface area contributed by atoms with Crippen molar-refractivity contribution in [3.63, 3.8) is 0 Å². The molecule has 0 amide bonds. The average molecular weight is 128 g/mol. The van der Waals surface area contributed by atoms with Gasteiger partial charge in [0.05, 0.1) is 0 Å². The van der Waals surface area contributed by atoms with E-state index in [0.717, 1.165) is 6.08 Å². The molecule has 1 unspecified atom stereocenters. The van der Waals surface area contributed by atoms with Gasteiger partial charge in [0.25, 0.3) is 0 Å². The second kappa shape index (κ2) is 1.95. The quantitative estimate of drug-likeness (QED) is 0.372. The largest absolute Gasteiger partial charge is 0.383 e. The van der Waals surface area contributed by atoms with Crippen LogP contribution in [0, 0.1) is 0 Å². The molecule has 0 heterocycles. The zero-order valence-electron chi connectivity index (χ0n) is 4.73. The highest BCUT2D eigenvalue weighted by atomic mass is 16.5. The lowest BCUT2D eigenvalue weighted by Gasteiger charge is -2.23. The molecule has 3 heteroatoms. The van der Waals surface area contributed by atoms with Crippen molar-refractivity contribution in [2.45, 2.75) is 11.9 Å². The van der Waals surface area contributed by atoms with E-state index in [2.05, 4.69) is 0 Å². The summed E-state index contributed by atoms with van der Waals surface area (Å²) >= 11 is 0. The van der Waals surface area contributed by atoms with Crippen LogP contribution in [0.4, 0.5) is 0 Å². The van der Waals surface area contributed by atoms with Crippen LogP contribution in [0.5, 0.6) is 0 Å². The van der Waals surface area contributed by atoms with Crippen molar-refractivity contribution in [1.82, 2.24) is 0 Å². The lowest BCUT2D eigenvalue weighted by Crippen LogP contribution is -2.39. The third-order valence-corrected chi connectivity index (χ3v) is 1.18. The normalized spacial score (nSPS) is 30.8. The zero-order valence-corrected chi connectivity index (χ0v) is 4.73. The van der Waals surface area contributed by atoms with Crippen molar-refractivity contribution in [3.8, 4) is 0 Å². The first kappa shape index (κ1) is 6.48. The third-order valence-electron chi connectivity index (χ3n) is 1.18. The third kappa shape index (κ3) is 1.18. The van der Waals surface area contributed by atoms with E-state index in [1.54, 1.807) is 6.08 Å². The van der Waals surface area contributed by atoms with Crippen LogP contribution in [-0.4, -0.2) is 27.2 Å². The summed E-state index contributed by atoms with van der Waals surface area (Å²) in [4.78, 5) is 0. The molecule has 1 aliphatic rings. The highest BCUT2D eigenvalue weighted by Gasteiger charge is 2.28. The maximum atomic E-state index is 8.81. The number of rotatable bonds is 0. The molecule has 50 valence electrons. The molecule has 1 rings (SSSR count). The molecule has 0 aromatic carbocycles. The van der Waals surface area contributed by atoms with Gasteiger partial charge >= 0.3 is 0 Å². The van der Waals surface area contributed by atoms with E-state index in [-0.39, 0.29) is 0 Å². The van der Waals surface area contributed by atoms with Crippen molar-refractivity contribution in [2.24, 2.45) is 0 Å². The van der Waals surface area contributed by atoms with Crippen LogP contribution in [0.1, 0.15) is 0 Å². The Balaban J connectivity index is 2.78. The Hall–Kier alpha value is -0.640. The SMILES string of the molecule is OC1C=CC=CC1(O)O. The molecule has 0 radical (unpaired) electrons. The molecule has 0 fully saturated rings. The zero-order chi connectivity index (χ0) is 6.91. The van der Waals surface area contributed by atoms with Crippen LogP contribution in [0.2, 0.25) is 0 Å². The molecule has 0 spiro atoms. The lowest BCUT2D eigenvalue weighted by atomic mass is 10.1. The topological polar surface area (TPSA) is 60.7 Å². The summed E-state index contributed by atoms with van der Waals surface area (Å²) in [6, 6.07) is 0. The first-order valence-electron chi connectivity index (χ1n) is 2.62. The smallest absolute Gasteiger partial charge is 0.213 e. The van der Waals surface area contributed by atoms with Gasteiger partial charge < -0.3 is 15.3 Å². The van der Waals surface area contributed by atoms with Gasteiger partial charge in [-0.1, -0.05) is 18.2 Å². The van der Waals surface area contributed by atoms with E-state index >= 15 is 0 Å². The molecule has 9 heavy (non-hydrogen) atoms. The molecule has 0 aliphatic heterocycles. The number of aliphatic hydroxyl groups is 3. The van der Waals surface area contributed by atoms with E-state index in [4.69, 9.17) is 15.3 Å². The fourth-order valence-corrected chi connectivity index (χ4v) is 0.607. The summed E-state index contributed by atoms with van der Waals surface area (Å²) in [6.45, 7) is 0. The molecule has 0 aromatic heterocycles. The average Bonchev–Trinajstić information content (AvgIpc) is 1.77. The van der Waals surface area contributed by atoms with Crippen LogP contribution in [-0.2, 0) is 0 Å². The second-order valence-corrected chi connectivity index (χ2v) is 1.97. The summed E-state index contributed by atoms with van der Waals surface area (Å²) in [7, 11) is 0. The molecule has 3 nitrogen and oxygen atoms in total. The van der Waals surface area contributed by atoms with E-state index in [1.165, 1.54) is 12.2 Å². The van der Waals surface area contributed by atoms with Crippen molar-refractivity contribution in [3.05, 3.63) is 24.3 Å². The minimum Gasteiger partial charge on any atom is -0.383 e. The van der Waals surface area contributed by atoms with Crippen molar-refractivity contribution in [1.29, 1.82) is 0 Å². The molecular formula is C6H8O3.